The molecule has 1 rings (SSSR count). The molecule has 86 valence electrons. The Morgan fingerprint density at radius 2 is 1.47 bits per heavy atom. The predicted molar refractivity (Wildman–Crippen MR) is 62.6 cm³/mol. The molecule has 1 aromatic heterocycles. The van der Waals surface area contributed by atoms with Crippen LogP contribution >= 0.6 is 0 Å². The largest absolute Gasteiger partial charge is 0.351 e. The third-order valence-electron chi connectivity index (χ3n) is 1.15. The summed E-state index contributed by atoms with van der Waals surface area (Å²) in [6.07, 6.45) is 2.32. The molecule has 0 aliphatic rings. The second kappa shape index (κ2) is 10.6. The summed E-state index contributed by atoms with van der Waals surface area (Å²) in [5, 5.41) is 0. The summed E-state index contributed by atoms with van der Waals surface area (Å²) in [4.78, 5) is 18.7. The van der Waals surface area contributed by atoms with Crippen molar-refractivity contribution in [2.24, 2.45) is 0 Å². The van der Waals surface area contributed by atoms with Crippen LogP contribution in [0.5, 0.6) is 0 Å². The molecule has 0 aliphatic carbocycles. The van der Waals surface area contributed by atoms with E-state index in [9.17, 15) is 4.79 Å². The number of aryl methyl sites for hydroxylation is 2. The van der Waals surface area contributed by atoms with E-state index in [0.29, 0.717) is 0 Å². The number of hydrogen-bond donors (Lipinski definition) is 0. The SMILES string of the molecule is CC.CN(C)C=O.Cc1cc(C)ncn1. The molecule has 0 radical (unpaired) electrons. The Morgan fingerprint density at radius 3 is 1.60 bits per heavy atom. The van der Waals surface area contributed by atoms with Crippen molar-refractivity contribution in [2.45, 2.75) is 27.7 Å². The zero-order chi connectivity index (χ0) is 12.3. The summed E-state index contributed by atoms with van der Waals surface area (Å²) >= 11 is 0. The van der Waals surface area contributed by atoms with Gasteiger partial charge in [0.25, 0.3) is 0 Å². The van der Waals surface area contributed by atoms with Crippen molar-refractivity contribution in [1.82, 2.24) is 14.9 Å². The van der Waals surface area contributed by atoms with Crippen molar-refractivity contribution in [3.8, 4) is 0 Å². The van der Waals surface area contributed by atoms with Gasteiger partial charge in [0.1, 0.15) is 6.33 Å². The standard InChI is InChI=1S/C6H8N2.C3H7NO.C2H6/c1-5-3-6(2)8-4-7-5;1-4(2)3-5;1-2/h3-4H,1-2H3;3H,1-2H3;1-2H3. The maximum Gasteiger partial charge on any atom is 0.209 e. The number of amides is 1. The van der Waals surface area contributed by atoms with E-state index in [1.165, 1.54) is 4.90 Å². The summed E-state index contributed by atoms with van der Waals surface area (Å²) < 4.78 is 0. The molecule has 1 aromatic rings. The number of carbonyl (C=O) groups excluding carboxylic acids is 1. The van der Waals surface area contributed by atoms with Gasteiger partial charge >= 0.3 is 0 Å². The first-order valence-electron chi connectivity index (χ1n) is 4.93. The third-order valence-corrected chi connectivity index (χ3v) is 1.15. The van der Waals surface area contributed by atoms with E-state index in [1.807, 2.05) is 33.8 Å². The van der Waals surface area contributed by atoms with Crippen LogP contribution in [0.2, 0.25) is 0 Å². The number of nitrogens with zero attached hydrogens (tertiary/aromatic N) is 3. The van der Waals surface area contributed by atoms with E-state index < -0.39 is 0 Å². The van der Waals surface area contributed by atoms with E-state index in [2.05, 4.69) is 9.97 Å². The summed E-state index contributed by atoms with van der Waals surface area (Å²) in [5.41, 5.74) is 2.05. The van der Waals surface area contributed by atoms with Gasteiger partial charge in [0, 0.05) is 25.5 Å². The van der Waals surface area contributed by atoms with Crippen molar-refractivity contribution in [3.05, 3.63) is 23.8 Å². The fourth-order valence-electron chi connectivity index (χ4n) is 0.588. The van der Waals surface area contributed by atoms with Crippen molar-refractivity contribution in [3.63, 3.8) is 0 Å². The van der Waals surface area contributed by atoms with E-state index in [4.69, 9.17) is 0 Å². The first kappa shape index (κ1) is 16.0. The van der Waals surface area contributed by atoms with Gasteiger partial charge in [0.05, 0.1) is 0 Å². The van der Waals surface area contributed by atoms with Gasteiger partial charge in [-0.05, 0) is 19.9 Å². The van der Waals surface area contributed by atoms with Gasteiger partial charge in [0.2, 0.25) is 6.41 Å². The van der Waals surface area contributed by atoms with E-state index in [0.717, 1.165) is 17.8 Å². The van der Waals surface area contributed by atoms with E-state index in [-0.39, 0.29) is 0 Å². The van der Waals surface area contributed by atoms with Crippen molar-refractivity contribution >= 4 is 6.41 Å². The molecule has 1 amide bonds. The predicted octanol–water partition coefficient (Wildman–Crippen LogP) is 1.82. The Morgan fingerprint density at radius 1 is 1.13 bits per heavy atom. The summed E-state index contributed by atoms with van der Waals surface area (Å²) in [6.45, 7) is 7.91. The molecule has 0 fully saturated rings. The van der Waals surface area contributed by atoms with Gasteiger partial charge in [-0.3, -0.25) is 4.79 Å². The van der Waals surface area contributed by atoms with Gasteiger partial charge in [-0.15, -0.1) is 0 Å². The zero-order valence-corrected chi connectivity index (χ0v) is 10.5. The Kier molecular flexibility index (Phi) is 11.3. The molecule has 1 heterocycles. The summed E-state index contributed by atoms with van der Waals surface area (Å²) in [5.74, 6) is 0. The highest BCUT2D eigenvalue weighted by Crippen LogP contribution is 1.91. The fraction of sp³-hybridized carbons (Fsp3) is 0.545. The summed E-state index contributed by atoms with van der Waals surface area (Å²) in [6, 6.07) is 1.94. The molecule has 4 heteroatoms. The third kappa shape index (κ3) is 12.5. The monoisotopic (exact) mass is 211 g/mol. The van der Waals surface area contributed by atoms with Crippen LogP contribution in [-0.2, 0) is 4.79 Å². The Balaban J connectivity index is 0. The second-order valence-electron chi connectivity index (χ2n) is 2.87. The average molecular weight is 211 g/mol. The highest BCUT2D eigenvalue weighted by Gasteiger charge is 1.83. The van der Waals surface area contributed by atoms with Crippen LogP contribution in [0.1, 0.15) is 25.2 Å². The second-order valence-corrected chi connectivity index (χ2v) is 2.87. The lowest BCUT2D eigenvalue weighted by molar-refractivity contribution is -0.115. The molecule has 0 N–H and O–H groups in total. The van der Waals surface area contributed by atoms with Crippen LogP contribution in [0.25, 0.3) is 0 Å². The molecule has 0 bridgehead atoms. The highest BCUT2D eigenvalue weighted by molar-refractivity contribution is 5.45. The lowest BCUT2D eigenvalue weighted by atomic mass is 10.4. The number of carbonyl (C=O) groups is 1. The minimum absolute atomic E-state index is 0.750. The van der Waals surface area contributed by atoms with Crippen molar-refractivity contribution < 1.29 is 4.79 Å². The number of rotatable bonds is 1. The highest BCUT2D eigenvalue weighted by atomic mass is 16.1. The molecule has 0 saturated heterocycles. The van der Waals surface area contributed by atoms with Crippen molar-refractivity contribution in [1.29, 1.82) is 0 Å². The van der Waals surface area contributed by atoms with Gasteiger partial charge < -0.3 is 4.90 Å². The minimum atomic E-state index is 0.750. The van der Waals surface area contributed by atoms with E-state index >= 15 is 0 Å². The van der Waals surface area contributed by atoms with Crippen LogP contribution in [0, 0.1) is 13.8 Å². The van der Waals surface area contributed by atoms with Crippen LogP contribution in [0.3, 0.4) is 0 Å². The quantitative estimate of drug-likeness (QED) is 0.666. The van der Waals surface area contributed by atoms with Crippen LogP contribution in [0.4, 0.5) is 0 Å². The zero-order valence-electron chi connectivity index (χ0n) is 10.5. The normalized spacial score (nSPS) is 7.60. The molecular formula is C11H21N3O. The van der Waals surface area contributed by atoms with E-state index in [1.54, 1.807) is 20.4 Å². The molecule has 0 spiro atoms. The Hall–Kier alpha value is -1.45. The lowest BCUT2D eigenvalue weighted by Crippen LogP contribution is -2.06. The average Bonchev–Trinajstić information content (AvgIpc) is 2.21. The Labute approximate surface area is 92.4 Å². The van der Waals surface area contributed by atoms with Crippen LogP contribution in [0.15, 0.2) is 12.4 Å². The molecule has 0 atom stereocenters. The maximum atomic E-state index is 9.43. The molecule has 0 saturated carbocycles. The molecule has 15 heavy (non-hydrogen) atoms. The molecule has 0 unspecified atom stereocenters. The molecule has 0 aromatic carbocycles. The van der Waals surface area contributed by atoms with Crippen LogP contribution < -0.4 is 0 Å². The number of aromatic nitrogens is 2. The van der Waals surface area contributed by atoms with Crippen LogP contribution in [-0.4, -0.2) is 35.4 Å². The molecule has 4 nitrogen and oxygen atoms in total. The topological polar surface area (TPSA) is 46.1 Å². The van der Waals surface area contributed by atoms with Gasteiger partial charge in [-0.25, -0.2) is 9.97 Å². The number of hydrogen-bond acceptors (Lipinski definition) is 3. The van der Waals surface area contributed by atoms with Gasteiger partial charge in [-0.2, -0.15) is 0 Å². The molecular weight excluding hydrogens is 190 g/mol. The maximum absolute atomic E-state index is 9.43. The first-order valence-corrected chi connectivity index (χ1v) is 4.93. The van der Waals surface area contributed by atoms with Gasteiger partial charge in [-0.1, -0.05) is 13.8 Å². The Bertz CT molecular complexity index is 245. The summed E-state index contributed by atoms with van der Waals surface area (Å²) in [7, 11) is 3.38. The van der Waals surface area contributed by atoms with Crippen molar-refractivity contribution in [2.75, 3.05) is 14.1 Å². The molecule has 0 aliphatic heterocycles. The fourth-order valence-corrected chi connectivity index (χ4v) is 0.588. The van der Waals surface area contributed by atoms with Gasteiger partial charge in [0.15, 0.2) is 0 Å². The lowest BCUT2D eigenvalue weighted by Gasteiger charge is -1.93. The first-order chi connectivity index (χ1) is 7.06. The minimum Gasteiger partial charge on any atom is -0.351 e. The smallest absolute Gasteiger partial charge is 0.209 e.